The van der Waals surface area contributed by atoms with Crippen molar-refractivity contribution in [3.63, 3.8) is 0 Å². The maximum atomic E-state index is 12.3. The third kappa shape index (κ3) is 5.03. The first-order valence-corrected chi connectivity index (χ1v) is 9.71. The van der Waals surface area contributed by atoms with Gasteiger partial charge < -0.3 is 10.6 Å². The van der Waals surface area contributed by atoms with Crippen LogP contribution < -0.4 is 10.6 Å². The molecule has 2 N–H and O–H groups in total. The van der Waals surface area contributed by atoms with Crippen LogP contribution in [0.4, 0.5) is 5.69 Å². The topological polar surface area (TPSA) is 41.1 Å². The number of benzene rings is 2. The second kappa shape index (κ2) is 8.43. The average Bonchev–Trinajstić information content (AvgIpc) is 2.58. The Labute approximate surface area is 145 Å². The van der Waals surface area contributed by atoms with E-state index >= 15 is 0 Å². The van der Waals surface area contributed by atoms with Gasteiger partial charge >= 0.3 is 0 Å². The number of carbonyl (C=O) groups is 1. The lowest BCUT2D eigenvalue weighted by molar-refractivity contribution is -0.116. The van der Waals surface area contributed by atoms with E-state index < -0.39 is 0 Å². The van der Waals surface area contributed by atoms with Crippen molar-refractivity contribution in [2.24, 2.45) is 0 Å². The fourth-order valence-corrected chi connectivity index (χ4v) is 4.32. The maximum Gasteiger partial charge on any atom is 0.226 e. The predicted octanol–water partition coefficient (Wildman–Crippen LogP) is 3.87. The molecular formula is C18H20N2OS2. The molecule has 0 spiro atoms. The molecule has 120 valence electrons. The quantitative estimate of drug-likeness (QED) is 0.864. The number of anilines is 1. The first-order chi connectivity index (χ1) is 11.3. The van der Waals surface area contributed by atoms with Gasteiger partial charge in [0.2, 0.25) is 5.91 Å². The van der Waals surface area contributed by atoms with Gasteiger partial charge in [-0.05, 0) is 24.3 Å². The largest absolute Gasteiger partial charge is 0.325 e. The fourth-order valence-electron chi connectivity index (χ4n) is 2.45. The molecule has 1 heterocycles. The van der Waals surface area contributed by atoms with Gasteiger partial charge in [-0.1, -0.05) is 42.1 Å². The van der Waals surface area contributed by atoms with Gasteiger partial charge in [0.15, 0.2) is 0 Å². The molecule has 23 heavy (non-hydrogen) atoms. The molecule has 0 bridgehead atoms. The molecule has 1 aliphatic rings. The Balaban J connectivity index is 1.64. The lowest BCUT2D eigenvalue weighted by atomic mass is 10.2. The Bertz CT molecular complexity index is 642. The predicted molar refractivity (Wildman–Crippen MR) is 99.4 cm³/mol. The Kier molecular flexibility index (Phi) is 6.02. The molecule has 1 fully saturated rings. The third-order valence-electron chi connectivity index (χ3n) is 3.56. The molecule has 0 radical (unpaired) electrons. The lowest BCUT2D eigenvalue weighted by Gasteiger charge is -2.22. The summed E-state index contributed by atoms with van der Waals surface area (Å²) < 4.78 is 0. The van der Waals surface area contributed by atoms with Crippen molar-refractivity contribution < 1.29 is 4.79 Å². The molecule has 0 saturated carbocycles. The van der Waals surface area contributed by atoms with Gasteiger partial charge in [0, 0.05) is 40.3 Å². The second-order valence-electron chi connectivity index (χ2n) is 5.39. The lowest BCUT2D eigenvalue weighted by Crippen LogP contribution is -2.39. The summed E-state index contributed by atoms with van der Waals surface area (Å²) in [7, 11) is 0. The van der Waals surface area contributed by atoms with Crippen LogP contribution in [0.2, 0.25) is 0 Å². The van der Waals surface area contributed by atoms with E-state index in [1.807, 2.05) is 54.2 Å². The van der Waals surface area contributed by atoms with Crippen molar-refractivity contribution in [2.45, 2.75) is 22.3 Å². The minimum Gasteiger partial charge on any atom is -0.325 e. The molecular weight excluding hydrogens is 324 g/mol. The summed E-state index contributed by atoms with van der Waals surface area (Å²) in [6.45, 7) is 0.989. The number of hydrogen-bond donors (Lipinski definition) is 2. The Morgan fingerprint density at radius 1 is 1.17 bits per heavy atom. The average molecular weight is 345 g/mol. The van der Waals surface area contributed by atoms with E-state index in [1.165, 1.54) is 4.90 Å². The van der Waals surface area contributed by atoms with E-state index in [4.69, 9.17) is 0 Å². The van der Waals surface area contributed by atoms with Crippen LogP contribution in [0.1, 0.15) is 6.42 Å². The molecule has 5 heteroatoms. The first-order valence-electron chi connectivity index (χ1n) is 7.74. The van der Waals surface area contributed by atoms with Crippen LogP contribution in [0, 0.1) is 0 Å². The van der Waals surface area contributed by atoms with Crippen LogP contribution in [0.5, 0.6) is 0 Å². The summed E-state index contributed by atoms with van der Waals surface area (Å²) in [5.74, 6) is 2.22. The van der Waals surface area contributed by atoms with Crippen LogP contribution >= 0.6 is 23.5 Å². The highest BCUT2D eigenvalue weighted by Gasteiger charge is 2.17. The normalized spacial score (nSPS) is 17.7. The number of nitrogens with one attached hydrogen (secondary N) is 2. The first kappa shape index (κ1) is 16.4. The minimum atomic E-state index is 0.0751. The van der Waals surface area contributed by atoms with Crippen LogP contribution in [0.3, 0.4) is 0 Å². The van der Waals surface area contributed by atoms with Crippen molar-refractivity contribution in [2.75, 3.05) is 23.4 Å². The summed E-state index contributed by atoms with van der Waals surface area (Å²) in [5, 5.41) is 6.47. The van der Waals surface area contributed by atoms with E-state index in [0.29, 0.717) is 6.42 Å². The highest BCUT2D eigenvalue weighted by atomic mass is 32.2. The van der Waals surface area contributed by atoms with Crippen molar-refractivity contribution in [3.05, 3.63) is 54.6 Å². The Morgan fingerprint density at radius 3 is 2.74 bits per heavy atom. The molecule has 0 aromatic heterocycles. The molecule has 1 unspecified atom stereocenters. The molecule has 1 atom stereocenters. The highest BCUT2D eigenvalue weighted by molar-refractivity contribution is 7.99. The van der Waals surface area contributed by atoms with E-state index in [1.54, 1.807) is 11.8 Å². The molecule has 1 saturated heterocycles. The smallest absolute Gasteiger partial charge is 0.226 e. The molecule has 2 aromatic rings. The van der Waals surface area contributed by atoms with Gasteiger partial charge in [0.05, 0.1) is 5.69 Å². The zero-order chi connectivity index (χ0) is 15.9. The van der Waals surface area contributed by atoms with Gasteiger partial charge in [0.25, 0.3) is 0 Å². The maximum absolute atomic E-state index is 12.3. The summed E-state index contributed by atoms with van der Waals surface area (Å²) in [6, 6.07) is 18.5. The molecule has 3 rings (SSSR count). The second-order valence-corrected chi connectivity index (χ2v) is 7.65. The van der Waals surface area contributed by atoms with Gasteiger partial charge in [-0.3, -0.25) is 4.79 Å². The third-order valence-corrected chi connectivity index (χ3v) is 5.78. The van der Waals surface area contributed by atoms with Crippen molar-refractivity contribution >= 4 is 35.1 Å². The Morgan fingerprint density at radius 2 is 1.96 bits per heavy atom. The number of rotatable bonds is 5. The van der Waals surface area contributed by atoms with E-state index in [-0.39, 0.29) is 11.9 Å². The van der Waals surface area contributed by atoms with Gasteiger partial charge in [0.1, 0.15) is 0 Å². The van der Waals surface area contributed by atoms with Crippen LogP contribution in [-0.2, 0) is 4.79 Å². The SMILES string of the molecule is O=C(CC1CSCCN1)Nc1ccccc1Sc1ccccc1. The van der Waals surface area contributed by atoms with Crippen molar-refractivity contribution in [1.82, 2.24) is 5.32 Å². The van der Waals surface area contributed by atoms with Crippen molar-refractivity contribution in [3.8, 4) is 0 Å². The molecule has 3 nitrogen and oxygen atoms in total. The summed E-state index contributed by atoms with van der Waals surface area (Å²) >= 11 is 3.58. The zero-order valence-corrected chi connectivity index (χ0v) is 14.5. The molecule has 0 aliphatic carbocycles. The number of hydrogen-bond acceptors (Lipinski definition) is 4. The van der Waals surface area contributed by atoms with E-state index in [0.717, 1.165) is 28.6 Å². The summed E-state index contributed by atoms with van der Waals surface area (Å²) in [6.07, 6.45) is 0.525. The zero-order valence-electron chi connectivity index (χ0n) is 12.8. The molecule has 1 amide bonds. The number of thioether (sulfide) groups is 1. The van der Waals surface area contributed by atoms with E-state index in [9.17, 15) is 4.79 Å². The fraction of sp³-hybridized carbons (Fsp3) is 0.278. The van der Waals surface area contributed by atoms with Gasteiger partial charge in [-0.15, -0.1) is 0 Å². The van der Waals surface area contributed by atoms with Crippen LogP contribution in [0.25, 0.3) is 0 Å². The molecule has 1 aliphatic heterocycles. The monoisotopic (exact) mass is 344 g/mol. The van der Waals surface area contributed by atoms with Crippen molar-refractivity contribution in [1.29, 1.82) is 0 Å². The standard InChI is InChI=1S/C18H20N2OS2/c21-18(12-14-13-22-11-10-19-14)20-16-8-4-5-9-17(16)23-15-6-2-1-3-7-15/h1-9,14,19H,10-13H2,(H,20,21). The number of para-hydroxylation sites is 1. The van der Waals surface area contributed by atoms with Gasteiger partial charge in [-0.25, -0.2) is 0 Å². The molecule has 2 aromatic carbocycles. The summed E-state index contributed by atoms with van der Waals surface area (Å²) in [5.41, 5.74) is 0.884. The number of carbonyl (C=O) groups excluding carboxylic acids is 1. The van der Waals surface area contributed by atoms with Crippen LogP contribution in [0.15, 0.2) is 64.4 Å². The van der Waals surface area contributed by atoms with Gasteiger partial charge in [-0.2, -0.15) is 11.8 Å². The minimum absolute atomic E-state index is 0.0751. The highest BCUT2D eigenvalue weighted by Crippen LogP contribution is 2.33. The Hall–Kier alpha value is -1.43. The summed E-state index contributed by atoms with van der Waals surface area (Å²) in [4.78, 5) is 14.5. The number of amides is 1. The van der Waals surface area contributed by atoms with E-state index in [2.05, 4.69) is 22.8 Å². The van der Waals surface area contributed by atoms with Crippen LogP contribution in [-0.4, -0.2) is 30.0 Å².